The predicted octanol–water partition coefficient (Wildman–Crippen LogP) is 0.607. The van der Waals surface area contributed by atoms with Crippen molar-refractivity contribution in [2.75, 3.05) is 0 Å². The number of carbonyl (C=O) groups excluding carboxylic acids is 2. The van der Waals surface area contributed by atoms with E-state index in [0.29, 0.717) is 12.8 Å². The van der Waals surface area contributed by atoms with Gasteiger partial charge in [0.05, 0.1) is 6.10 Å². The predicted molar refractivity (Wildman–Crippen MR) is 47.0 cm³/mol. The normalized spacial score (nSPS) is 22.7. The fourth-order valence-electron chi connectivity index (χ4n) is 1.30. The summed E-state index contributed by atoms with van der Waals surface area (Å²) in [5, 5.41) is 2.61. The molecule has 0 aromatic carbocycles. The van der Waals surface area contributed by atoms with E-state index < -0.39 is 6.04 Å². The lowest BCUT2D eigenvalue weighted by Gasteiger charge is -2.22. The molecule has 74 valence electrons. The Morgan fingerprint density at radius 2 is 2.31 bits per heavy atom. The maximum Gasteiger partial charge on any atom is 0.328 e. The molecule has 4 heteroatoms. The van der Waals surface area contributed by atoms with Crippen molar-refractivity contribution in [2.24, 2.45) is 0 Å². The van der Waals surface area contributed by atoms with E-state index in [1.54, 1.807) is 13.8 Å². The first-order valence-electron chi connectivity index (χ1n) is 4.59. The van der Waals surface area contributed by atoms with Crippen LogP contribution in [0.25, 0.3) is 0 Å². The van der Waals surface area contributed by atoms with Crippen molar-refractivity contribution in [3.63, 3.8) is 0 Å². The lowest BCUT2D eigenvalue weighted by molar-refractivity contribution is -0.152. The summed E-state index contributed by atoms with van der Waals surface area (Å²) in [6.45, 7) is 3.59. The van der Waals surface area contributed by atoms with Crippen molar-refractivity contribution in [1.29, 1.82) is 0 Å². The molecule has 0 spiro atoms. The number of rotatable bonds is 2. The fourth-order valence-corrected chi connectivity index (χ4v) is 1.30. The van der Waals surface area contributed by atoms with Crippen LogP contribution in [0.4, 0.5) is 0 Å². The van der Waals surface area contributed by atoms with E-state index in [2.05, 4.69) is 5.32 Å². The fraction of sp³-hybridized carbons (Fsp3) is 0.778. The molecule has 1 atom stereocenters. The van der Waals surface area contributed by atoms with E-state index in [1.165, 1.54) is 0 Å². The third kappa shape index (κ3) is 3.05. The van der Waals surface area contributed by atoms with Gasteiger partial charge < -0.3 is 10.1 Å². The minimum absolute atomic E-state index is 0.0584. The number of esters is 1. The third-order valence-corrected chi connectivity index (χ3v) is 1.87. The number of nitrogens with one attached hydrogen (secondary N) is 1. The molecule has 4 nitrogen and oxygen atoms in total. The van der Waals surface area contributed by atoms with Crippen molar-refractivity contribution < 1.29 is 14.3 Å². The highest BCUT2D eigenvalue weighted by molar-refractivity contribution is 5.85. The number of hydrogen-bond donors (Lipinski definition) is 1. The second-order valence-electron chi connectivity index (χ2n) is 3.50. The number of ether oxygens (including phenoxy) is 1. The van der Waals surface area contributed by atoms with Crippen molar-refractivity contribution in [3.8, 4) is 0 Å². The second kappa shape index (κ2) is 4.25. The van der Waals surface area contributed by atoms with Gasteiger partial charge in [-0.25, -0.2) is 4.79 Å². The van der Waals surface area contributed by atoms with Crippen LogP contribution in [-0.2, 0) is 14.3 Å². The molecule has 0 unspecified atom stereocenters. The molecule has 0 aromatic heterocycles. The minimum atomic E-state index is -0.427. The first-order chi connectivity index (χ1) is 6.09. The van der Waals surface area contributed by atoms with Crippen LogP contribution in [0.2, 0.25) is 0 Å². The van der Waals surface area contributed by atoms with Gasteiger partial charge in [0.25, 0.3) is 0 Å². The Labute approximate surface area is 77.6 Å². The average molecular weight is 185 g/mol. The zero-order valence-electron chi connectivity index (χ0n) is 8.00. The summed E-state index contributed by atoms with van der Waals surface area (Å²) in [7, 11) is 0. The molecule has 1 heterocycles. The molecule has 1 aliphatic heterocycles. The van der Waals surface area contributed by atoms with Gasteiger partial charge >= 0.3 is 5.97 Å². The molecule has 1 N–H and O–H groups in total. The van der Waals surface area contributed by atoms with Crippen LogP contribution in [0.5, 0.6) is 0 Å². The summed E-state index contributed by atoms with van der Waals surface area (Å²) in [6, 6.07) is -0.427. The Balaban J connectivity index is 2.41. The van der Waals surface area contributed by atoms with Gasteiger partial charge in [0.1, 0.15) is 6.04 Å². The Hall–Kier alpha value is -1.06. The minimum Gasteiger partial charge on any atom is -0.461 e. The zero-order valence-corrected chi connectivity index (χ0v) is 8.00. The van der Waals surface area contributed by atoms with Gasteiger partial charge in [0.2, 0.25) is 5.91 Å². The van der Waals surface area contributed by atoms with Gasteiger partial charge in [-0.05, 0) is 26.7 Å². The summed E-state index contributed by atoms with van der Waals surface area (Å²) in [6.07, 6.45) is 1.86. The van der Waals surface area contributed by atoms with Crippen LogP contribution < -0.4 is 5.32 Å². The van der Waals surface area contributed by atoms with E-state index in [0.717, 1.165) is 6.42 Å². The van der Waals surface area contributed by atoms with Gasteiger partial charge in [0.15, 0.2) is 0 Å². The highest BCUT2D eigenvalue weighted by Crippen LogP contribution is 2.10. The Morgan fingerprint density at radius 1 is 1.62 bits per heavy atom. The summed E-state index contributed by atoms with van der Waals surface area (Å²) >= 11 is 0. The zero-order chi connectivity index (χ0) is 9.84. The van der Waals surface area contributed by atoms with Crippen LogP contribution in [0.1, 0.15) is 33.1 Å². The van der Waals surface area contributed by atoms with Crippen LogP contribution in [-0.4, -0.2) is 24.0 Å². The molecule has 1 amide bonds. The number of hydrogen-bond acceptors (Lipinski definition) is 3. The summed E-state index contributed by atoms with van der Waals surface area (Å²) in [5.41, 5.74) is 0. The average Bonchev–Trinajstić information content (AvgIpc) is 2.03. The van der Waals surface area contributed by atoms with Crippen LogP contribution in [0.3, 0.4) is 0 Å². The van der Waals surface area contributed by atoms with Gasteiger partial charge in [-0.3, -0.25) is 4.79 Å². The van der Waals surface area contributed by atoms with E-state index >= 15 is 0 Å². The molecule has 13 heavy (non-hydrogen) atoms. The number of piperidine rings is 1. The highest BCUT2D eigenvalue weighted by Gasteiger charge is 2.26. The third-order valence-electron chi connectivity index (χ3n) is 1.87. The first kappa shape index (κ1) is 10.0. The SMILES string of the molecule is CC(C)OC(=O)[C@@H]1CCCC(=O)N1. The lowest BCUT2D eigenvalue weighted by atomic mass is 10.0. The van der Waals surface area contributed by atoms with Crippen LogP contribution in [0, 0.1) is 0 Å². The Bertz CT molecular complexity index is 213. The summed E-state index contributed by atoms with van der Waals surface area (Å²) in [4.78, 5) is 22.3. The number of carbonyl (C=O) groups is 2. The smallest absolute Gasteiger partial charge is 0.328 e. The molecule has 0 saturated carbocycles. The van der Waals surface area contributed by atoms with E-state index in [9.17, 15) is 9.59 Å². The van der Waals surface area contributed by atoms with Crippen molar-refractivity contribution in [2.45, 2.75) is 45.3 Å². The highest BCUT2D eigenvalue weighted by atomic mass is 16.5. The molecule has 0 radical (unpaired) electrons. The van der Waals surface area contributed by atoms with E-state index in [4.69, 9.17) is 4.74 Å². The molecule has 1 rings (SSSR count). The van der Waals surface area contributed by atoms with Crippen molar-refractivity contribution >= 4 is 11.9 Å². The van der Waals surface area contributed by atoms with Gasteiger partial charge in [-0.1, -0.05) is 0 Å². The molecule has 0 bridgehead atoms. The van der Waals surface area contributed by atoms with Gasteiger partial charge in [-0.15, -0.1) is 0 Å². The van der Waals surface area contributed by atoms with Crippen molar-refractivity contribution in [3.05, 3.63) is 0 Å². The quantitative estimate of drug-likeness (QED) is 0.641. The molecule has 0 aliphatic carbocycles. The summed E-state index contributed by atoms with van der Waals surface area (Å²) in [5.74, 6) is -0.375. The van der Waals surface area contributed by atoms with Crippen LogP contribution >= 0.6 is 0 Å². The maximum atomic E-state index is 11.3. The molecule has 1 saturated heterocycles. The number of amides is 1. The second-order valence-corrected chi connectivity index (χ2v) is 3.50. The first-order valence-corrected chi connectivity index (χ1v) is 4.59. The van der Waals surface area contributed by atoms with Crippen molar-refractivity contribution in [1.82, 2.24) is 5.32 Å². The lowest BCUT2D eigenvalue weighted by Crippen LogP contribution is -2.45. The van der Waals surface area contributed by atoms with E-state index in [1.807, 2.05) is 0 Å². The Kier molecular flexibility index (Phi) is 3.28. The molecular weight excluding hydrogens is 170 g/mol. The van der Waals surface area contributed by atoms with E-state index in [-0.39, 0.29) is 18.0 Å². The standard InChI is InChI=1S/C9H15NO3/c1-6(2)13-9(12)7-4-3-5-8(11)10-7/h6-7H,3-5H2,1-2H3,(H,10,11)/t7-/m0/s1. The van der Waals surface area contributed by atoms with Gasteiger partial charge in [-0.2, -0.15) is 0 Å². The van der Waals surface area contributed by atoms with Crippen LogP contribution in [0.15, 0.2) is 0 Å². The summed E-state index contributed by atoms with van der Waals surface area (Å²) < 4.78 is 4.98. The molecule has 1 aliphatic rings. The monoisotopic (exact) mass is 185 g/mol. The van der Waals surface area contributed by atoms with Gasteiger partial charge in [0, 0.05) is 6.42 Å². The molecular formula is C9H15NO3. The topological polar surface area (TPSA) is 55.4 Å². The molecule has 1 fully saturated rings. The molecule has 0 aromatic rings. The largest absolute Gasteiger partial charge is 0.461 e. The Morgan fingerprint density at radius 3 is 2.85 bits per heavy atom. The maximum absolute atomic E-state index is 11.3.